The zero-order valence-electron chi connectivity index (χ0n) is 8.42. The van der Waals surface area contributed by atoms with E-state index < -0.39 is 0 Å². The first-order valence-electron chi connectivity index (χ1n) is 4.99. The lowest BCUT2D eigenvalue weighted by molar-refractivity contribution is -0.905. The number of rotatable bonds is 1. The largest absolute Gasteiger partial charge is 0.375 e. The monoisotopic (exact) mass is 170 g/mol. The van der Waals surface area contributed by atoms with E-state index in [9.17, 15) is 0 Å². The van der Waals surface area contributed by atoms with E-state index in [0.29, 0.717) is 6.10 Å². The molecule has 70 valence electrons. The molecule has 1 aliphatic heterocycles. The molecule has 2 aliphatic rings. The first-order chi connectivity index (χ1) is 5.63. The van der Waals surface area contributed by atoms with Crippen molar-refractivity contribution in [2.24, 2.45) is 5.92 Å². The van der Waals surface area contributed by atoms with Gasteiger partial charge in [0.2, 0.25) is 0 Å². The first-order valence-corrected chi connectivity index (χ1v) is 4.99. The van der Waals surface area contributed by atoms with Gasteiger partial charge in [0.05, 0.1) is 20.6 Å². The number of fused-ring (bicyclic) bond motifs is 2. The van der Waals surface area contributed by atoms with Gasteiger partial charge in [-0.2, -0.15) is 0 Å². The van der Waals surface area contributed by atoms with Crippen molar-refractivity contribution >= 4 is 0 Å². The Morgan fingerprint density at radius 2 is 2.00 bits per heavy atom. The summed E-state index contributed by atoms with van der Waals surface area (Å²) in [5.41, 5.74) is 0. The summed E-state index contributed by atoms with van der Waals surface area (Å²) in [5.74, 6) is 0.983. The van der Waals surface area contributed by atoms with Gasteiger partial charge in [-0.25, -0.2) is 0 Å². The third kappa shape index (κ3) is 1.17. The molecule has 3 atom stereocenters. The Morgan fingerprint density at radius 1 is 1.25 bits per heavy atom. The minimum atomic E-state index is 0.527. The van der Waals surface area contributed by atoms with Crippen molar-refractivity contribution < 1.29 is 9.22 Å². The van der Waals surface area contributed by atoms with Crippen LogP contribution < -0.4 is 0 Å². The van der Waals surface area contributed by atoms with Gasteiger partial charge in [-0.3, -0.25) is 0 Å². The molecule has 2 nitrogen and oxygen atoms in total. The summed E-state index contributed by atoms with van der Waals surface area (Å²) < 4.78 is 6.72. The molecule has 1 saturated heterocycles. The zero-order chi connectivity index (χ0) is 8.77. The maximum Gasteiger partial charge on any atom is 0.116 e. The summed E-state index contributed by atoms with van der Waals surface area (Å²) in [6.45, 7) is 1.37. The lowest BCUT2D eigenvalue weighted by Crippen LogP contribution is -2.50. The van der Waals surface area contributed by atoms with Gasteiger partial charge in [-0.05, 0) is 12.8 Å². The Hall–Kier alpha value is -0.0800. The molecular formula is C10H20NO+. The van der Waals surface area contributed by atoms with Crippen molar-refractivity contribution in [1.29, 1.82) is 0 Å². The van der Waals surface area contributed by atoms with Gasteiger partial charge in [0.25, 0.3) is 0 Å². The Balaban J connectivity index is 2.15. The highest BCUT2D eigenvalue weighted by Crippen LogP contribution is 2.39. The lowest BCUT2D eigenvalue weighted by Gasteiger charge is -2.35. The third-order valence-corrected chi connectivity index (χ3v) is 3.79. The maximum atomic E-state index is 5.54. The number of quaternary nitrogens is 1. The Kier molecular flexibility index (Phi) is 1.92. The van der Waals surface area contributed by atoms with Crippen LogP contribution >= 0.6 is 0 Å². The predicted molar refractivity (Wildman–Crippen MR) is 48.9 cm³/mol. The van der Waals surface area contributed by atoms with Crippen molar-refractivity contribution in [3.63, 3.8) is 0 Å². The molecule has 2 heteroatoms. The van der Waals surface area contributed by atoms with E-state index in [-0.39, 0.29) is 0 Å². The van der Waals surface area contributed by atoms with Crippen LogP contribution in [0.4, 0.5) is 0 Å². The normalized spacial score (nSPS) is 44.8. The number of methoxy groups -OCH3 is 1. The highest BCUT2D eigenvalue weighted by atomic mass is 16.5. The summed E-state index contributed by atoms with van der Waals surface area (Å²) in [7, 11) is 6.56. The second-order valence-electron chi connectivity index (χ2n) is 4.98. The van der Waals surface area contributed by atoms with Gasteiger partial charge in [-0.15, -0.1) is 0 Å². The summed E-state index contributed by atoms with van der Waals surface area (Å²) in [6.07, 6.45) is 4.59. The van der Waals surface area contributed by atoms with Gasteiger partial charge in [0, 0.05) is 19.4 Å². The summed E-state index contributed by atoms with van der Waals surface area (Å²) in [6, 6.07) is 0.772. The van der Waals surface area contributed by atoms with E-state index in [4.69, 9.17) is 4.74 Å². The van der Waals surface area contributed by atoms with Gasteiger partial charge < -0.3 is 9.22 Å². The summed E-state index contributed by atoms with van der Waals surface area (Å²) >= 11 is 0. The molecule has 0 spiro atoms. The topological polar surface area (TPSA) is 9.23 Å². The van der Waals surface area contributed by atoms with E-state index in [0.717, 1.165) is 12.0 Å². The minimum absolute atomic E-state index is 0.527. The molecule has 0 aromatic carbocycles. The van der Waals surface area contributed by atoms with Crippen LogP contribution in [0.3, 0.4) is 0 Å². The second-order valence-corrected chi connectivity index (χ2v) is 4.98. The molecule has 2 bridgehead atoms. The number of hydrogen-bond acceptors (Lipinski definition) is 1. The van der Waals surface area contributed by atoms with Crippen LogP contribution in [0.5, 0.6) is 0 Å². The predicted octanol–water partition coefficient (Wildman–Crippen LogP) is 1.26. The second kappa shape index (κ2) is 2.71. The molecule has 1 heterocycles. The van der Waals surface area contributed by atoms with Crippen molar-refractivity contribution in [2.75, 3.05) is 27.7 Å². The maximum absolute atomic E-state index is 5.54. The fraction of sp³-hybridized carbons (Fsp3) is 1.00. The number of likely N-dealkylation sites (N-methyl/N-ethyl adjacent to an activating group) is 1. The minimum Gasteiger partial charge on any atom is -0.375 e. The van der Waals surface area contributed by atoms with E-state index in [1.807, 2.05) is 7.11 Å². The quantitative estimate of drug-likeness (QED) is 0.538. The van der Waals surface area contributed by atoms with Crippen LogP contribution in [0, 0.1) is 5.92 Å². The molecule has 12 heavy (non-hydrogen) atoms. The number of likely N-dealkylation sites (tertiary alicyclic amines) is 1. The molecule has 0 radical (unpaired) electrons. The molecular weight excluding hydrogens is 150 g/mol. The number of nitrogens with zero attached hydrogens (tertiary/aromatic N) is 1. The average molecular weight is 170 g/mol. The molecule has 1 saturated carbocycles. The van der Waals surface area contributed by atoms with Crippen LogP contribution in [-0.4, -0.2) is 44.4 Å². The molecule has 1 aliphatic carbocycles. The van der Waals surface area contributed by atoms with Crippen molar-refractivity contribution in [3.8, 4) is 0 Å². The van der Waals surface area contributed by atoms with E-state index in [1.165, 1.54) is 30.3 Å². The van der Waals surface area contributed by atoms with Gasteiger partial charge >= 0.3 is 0 Å². The van der Waals surface area contributed by atoms with Crippen LogP contribution in [0.2, 0.25) is 0 Å². The molecule has 0 aromatic rings. The fourth-order valence-corrected chi connectivity index (χ4v) is 3.18. The van der Waals surface area contributed by atoms with Crippen LogP contribution in [0.15, 0.2) is 0 Å². The highest BCUT2D eigenvalue weighted by molar-refractivity contribution is 4.86. The van der Waals surface area contributed by atoms with Gasteiger partial charge in [0.1, 0.15) is 12.1 Å². The lowest BCUT2D eigenvalue weighted by atomic mass is 9.88. The van der Waals surface area contributed by atoms with Gasteiger partial charge in [0.15, 0.2) is 0 Å². The van der Waals surface area contributed by atoms with E-state index in [1.54, 1.807) is 0 Å². The van der Waals surface area contributed by atoms with Crippen molar-refractivity contribution in [2.45, 2.75) is 31.4 Å². The van der Waals surface area contributed by atoms with E-state index >= 15 is 0 Å². The molecule has 3 unspecified atom stereocenters. The number of ether oxygens (including phenoxy) is 1. The molecule has 0 N–H and O–H groups in total. The summed E-state index contributed by atoms with van der Waals surface area (Å²) in [4.78, 5) is 0. The Morgan fingerprint density at radius 3 is 2.67 bits per heavy atom. The molecule has 0 aromatic heterocycles. The van der Waals surface area contributed by atoms with Crippen LogP contribution in [0.25, 0.3) is 0 Å². The van der Waals surface area contributed by atoms with Crippen LogP contribution in [-0.2, 0) is 4.74 Å². The average Bonchev–Trinajstić information content (AvgIpc) is 2.25. The van der Waals surface area contributed by atoms with Crippen molar-refractivity contribution in [3.05, 3.63) is 0 Å². The Labute approximate surface area is 75.1 Å². The smallest absolute Gasteiger partial charge is 0.116 e. The highest BCUT2D eigenvalue weighted by Gasteiger charge is 2.48. The molecule has 0 amide bonds. The van der Waals surface area contributed by atoms with E-state index in [2.05, 4.69) is 14.1 Å². The van der Waals surface area contributed by atoms with Gasteiger partial charge in [-0.1, -0.05) is 0 Å². The zero-order valence-corrected chi connectivity index (χ0v) is 8.42. The number of hydrogen-bond donors (Lipinski definition) is 0. The van der Waals surface area contributed by atoms with Crippen molar-refractivity contribution in [1.82, 2.24) is 0 Å². The Bertz CT molecular complexity index is 179. The standard InChI is InChI=1S/C10H20NO/c1-11(2)7-8-4-5-10(12-3)9(11)6-8/h8-10H,4-7H2,1-3H3/q+1. The summed E-state index contributed by atoms with van der Waals surface area (Å²) in [5, 5.41) is 0. The first kappa shape index (κ1) is 8.52. The SMILES string of the molecule is COC1CCC2CC1[N+](C)(C)C2. The molecule has 2 rings (SSSR count). The molecule has 2 fully saturated rings. The fourth-order valence-electron chi connectivity index (χ4n) is 3.18. The van der Waals surface area contributed by atoms with Crippen LogP contribution in [0.1, 0.15) is 19.3 Å². The third-order valence-electron chi connectivity index (χ3n) is 3.79.